The highest BCUT2D eigenvalue weighted by Gasteiger charge is 2.37. The van der Waals surface area contributed by atoms with Gasteiger partial charge < -0.3 is 10.8 Å². The molecule has 0 aliphatic heterocycles. The Morgan fingerprint density at radius 2 is 2.00 bits per heavy atom. The summed E-state index contributed by atoms with van der Waals surface area (Å²) in [5, 5.41) is 10.1. The van der Waals surface area contributed by atoms with E-state index in [1.165, 1.54) is 0 Å². The molecule has 1 aliphatic rings. The van der Waals surface area contributed by atoms with Gasteiger partial charge in [0.1, 0.15) is 5.72 Å². The largest absolute Gasteiger partial charge is 0.401 e. The van der Waals surface area contributed by atoms with Gasteiger partial charge in [0.2, 0.25) is 0 Å². The molecule has 0 radical (unpaired) electrons. The minimum atomic E-state index is -1.27. The van der Waals surface area contributed by atoms with Gasteiger partial charge in [0.15, 0.2) is 0 Å². The van der Waals surface area contributed by atoms with Crippen LogP contribution in [-0.4, -0.2) is 10.8 Å². The van der Waals surface area contributed by atoms with Crippen molar-refractivity contribution in [3.8, 4) is 0 Å². The molecule has 0 amide bonds. The number of hydrogen-bond donors (Lipinski definition) is 3. The summed E-state index contributed by atoms with van der Waals surface area (Å²) in [4.78, 5) is 0. The molecule has 5 N–H and O–H groups in total. The van der Waals surface area contributed by atoms with E-state index in [9.17, 15) is 5.11 Å². The lowest BCUT2D eigenvalue weighted by Gasteiger charge is -2.37. The van der Waals surface area contributed by atoms with E-state index in [4.69, 9.17) is 11.5 Å². The molecule has 1 aliphatic carbocycles. The van der Waals surface area contributed by atoms with Crippen molar-refractivity contribution >= 4 is 0 Å². The minimum absolute atomic E-state index is 0.197. The van der Waals surface area contributed by atoms with Crippen LogP contribution in [0.4, 0.5) is 0 Å². The standard InChI is InChI=1S/C11H20N2O/c1-4-8-6-9(5-2)11(13,14)7(3)10(8)12/h6-7,14H,4-5,12-13H2,1-3H3. The molecule has 0 aromatic rings. The van der Waals surface area contributed by atoms with Crippen LogP contribution < -0.4 is 11.5 Å². The lowest BCUT2D eigenvalue weighted by atomic mass is 9.79. The van der Waals surface area contributed by atoms with Crippen molar-refractivity contribution in [3.05, 3.63) is 22.9 Å². The first kappa shape index (κ1) is 11.3. The highest BCUT2D eigenvalue weighted by atomic mass is 16.3. The molecule has 0 saturated carbocycles. The highest BCUT2D eigenvalue weighted by molar-refractivity contribution is 5.39. The van der Waals surface area contributed by atoms with Crippen molar-refractivity contribution in [3.63, 3.8) is 0 Å². The van der Waals surface area contributed by atoms with Crippen LogP contribution >= 0.6 is 0 Å². The van der Waals surface area contributed by atoms with E-state index in [0.29, 0.717) is 0 Å². The molecule has 0 heterocycles. The third kappa shape index (κ3) is 1.57. The molecule has 14 heavy (non-hydrogen) atoms. The van der Waals surface area contributed by atoms with Crippen LogP contribution in [0.15, 0.2) is 22.9 Å². The molecule has 0 bridgehead atoms. The number of nitrogens with two attached hydrogens (primary N) is 2. The summed E-state index contributed by atoms with van der Waals surface area (Å²) in [6, 6.07) is 0. The van der Waals surface area contributed by atoms with Gasteiger partial charge in [-0.3, -0.25) is 5.73 Å². The van der Waals surface area contributed by atoms with Gasteiger partial charge in [0.25, 0.3) is 0 Å². The van der Waals surface area contributed by atoms with Crippen LogP contribution in [0.2, 0.25) is 0 Å². The van der Waals surface area contributed by atoms with E-state index in [0.717, 1.165) is 29.7 Å². The summed E-state index contributed by atoms with van der Waals surface area (Å²) in [5.74, 6) is -0.197. The Labute approximate surface area is 85.5 Å². The third-order valence-electron chi connectivity index (χ3n) is 3.12. The summed E-state index contributed by atoms with van der Waals surface area (Å²) >= 11 is 0. The van der Waals surface area contributed by atoms with Gasteiger partial charge in [-0.25, -0.2) is 0 Å². The first-order valence-electron chi connectivity index (χ1n) is 5.15. The summed E-state index contributed by atoms with van der Waals surface area (Å²) in [6.45, 7) is 5.92. The fourth-order valence-electron chi connectivity index (χ4n) is 1.89. The minimum Gasteiger partial charge on any atom is -0.401 e. The molecule has 80 valence electrons. The molecular weight excluding hydrogens is 176 g/mol. The monoisotopic (exact) mass is 196 g/mol. The molecular formula is C11H20N2O. The molecule has 2 atom stereocenters. The van der Waals surface area contributed by atoms with E-state index in [2.05, 4.69) is 6.92 Å². The predicted molar refractivity (Wildman–Crippen MR) is 58.2 cm³/mol. The van der Waals surface area contributed by atoms with Crippen molar-refractivity contribution in [1.82, 2.24) is 0 Å². The third-order valence-corrected chi connectivity index (χ3v) is 3.12. The zero-order valence-electron chi connectivity index (χ0n) is 9.17. The first-order chi connectivity index (χ1) is 6.45. The smallest absolute Gasteiger partial charge is 0.143 e. The van der Waals surface area contributed by atoms with Crippen molar-refractivity contribution in [2.24, 2.45) is 17.4 Å². The quantitative estimate of drug-likeness (QED) is 0.582. The summed E-state index contributed by atoms with van der Waals surface area (Å²) in [6.07, 6.45) is 3.58. The Kier molecular flexibility index (Phi) is 3.02. The Hall–Kier alpha value is -0.800. The van der Waals surface area contributed by atoms with Crippen LogP contribution in [0, 0.1) is 5.92 Å². The van der Waals surface area contributed by atoms with E-state index in [-0.39, 0.29) is 5.92 Å². The van der Waals surface area contributed by atoms with Gasteiger partial charge in [-0.1, -0.05) is 26.8 Å². The lowest BCUT2D eigenvalue weighted by molar-refractivity contribution is 0.0387. The zero-order valence-corrected chi connectivity index (χ0v) is 9.17. The molecule has 1 rings (SSSR count). The van der Waals surface area contributed by atoms with Crippen molar-refractivity contribution in [1.29, 1.82) is 0 Å². The van der Waals surface area contributed by atoms with E-state index < -0.39 is 5.72 Å². The van der Waals surface area contributed by atoms with Gasteiger partial charge in [-0.2, -0.15) is 0 Å². The van der Waals surface area contributed by atoms with Gasteiger partial charge >= 0.3 is 0 Å². The van der Waals surface area contributed by atoms with Crippen molar-refractivity contribution in [2.45, 2.75) is 39.3 Å². The molecule has 3 nitrogen and oxygen atoms in total. The molecule has 0 aromatic carbocycles. The van der Waals surface area contributed by atoms with E-state index in [1.807, 2.05) is 19.9 Å². The van der Waals surface area contributed by atoms with Gasteiger partial charge in [0.05, 0.1) is 0 Å². The van der Waals surface area contributed by atoms with Gasteiger partial charge in [-0.05, 0) is 24.0 Å². The molecule has 0 aromatic heterocycles. The predicted octanol–water partition coefficient (Wildman–Crippen LogP) is 1.24. The Balaban J connectivity index is 3.17. The van der Waals surface area contributed by atoms with Crippen LogP contribution in [0.1, 0.15) is 33.6 Å². The topological polar surface area (TPSA) is 72.3 Å². The summed E-state index contributed by atoms with van der Waals surface area (Å²) in [7, 11) is 0. The number of rotatable bonds is 2. The van der Waals surface area contributed by atoms with Gasteiger partial charge in [-0.15, -0.1) is 0 Å². The first-order valence-corrected chi connectivity index (χ1v) is 5.15. The molecule has 0 fully saturated rings. The Morgan fingerprint density at radius 1 is 1.43 bits per heavy atom. The average Bonchev–Trinajstić information content (AvgIpc) is 2.15. The maximum atomic E-state index is 10.1. The highest BCUT2D eigenvalue weighted by Crippen LogP contribution is 2.34. The Bertz CT molecular complexity index is 290. The maximum absolute atomic E-state index is 10.1. The Morgan fingerprint density at radius 3 is 2.43 bits per heavy atom. The molecule has 0 spiro atoms. The number of aliphatic hydroxyl groups is 1. The second-order valence-corrected chi connectivity index (χ2v) is 3.90. The molecule has 3 heteroatoms. The normalized spacial score (nSPS) is 33.2. The van der Waals surface area contributed by atoms with E-state index >= 15 is 0 Å². The van der Waals surface area contributed by atoms with Crippen LogP contribution in [-0.2, 0) is 0 Å². The average molecular weight is 196 g/mol. The maximum Gasteiger partial charge on any atom is 0.143 e. The molecule has 0 saturated heterocycles. The van der Waals surface area contributed by atoms with Crippen molar-refractivity contribution in [2.75, 3.05) is 0 Å². The fraction of sp³-hybridized carbons (Fsp3) is 0.636. The van der Waals surface area contributed by atoms with Crippen LogP contribution in [0.3, 0.4) is 0 Å². The number of allylic oxidation sites excluding steroid dienone is 2. The van der Waals surface area contributed by atoms with E-state index in [1.54, 1.807) is 0 Å². The van der Waals surface area contributed by atoms with Crippen LogP contribution in [0.5, 0.6) is 0 Å². The molecule has 2 unspecified atom stereocenters. The summed E-state index contributed by atoms with van der Waals surface area (Å²) < 4.78 is 0. The number of hydrogen-bond acceptors (Lipinski definition) is 3. The second-order valence-electron chi connectivity index (χ2n) is 3.90. The van der Waals surface area contributed by atoms with Crippen molar-refractivity contribution < 1.29 is 5.11 Å². The lowest BCUT2D eigenvalue weighted by Crippen LogP contribution is -2.51. The zero-order chi connectivity index (χ0) is 10.9. The fourth-order valence-corrected chi connectivity index (χ4v) is 1.89. The second kappa shape index (κ2) is 3.75. The van der Waals surface area contributed by atoms with Crippen LogP contribution in [0.25, 0.3) is 0 Å². The SMILES string of the molecule is CCC1=CC(CC)=C(N)C(C)C1(N)O. The summed E-state index contributed by atoms with van der Waals surface area (Å²) in [5.41, 5.74) is 13.2. The van der Waals surface area contributed by atoms with Gasteiger partial charge in [0, 0.05) is 11.6 Å².